The Morgan fingerprint density at radius 1 is 1.38 bits per heavy atom. The van der Waals surface area contributed by atoms with Crippen LogP contribution in [0.15, 0.2) is 0 Å². The fourth-order valence-electron chi connectivity index (χ4n) is 2.44. The van der Waals surface area contributed by atoms with Gasteiger partial charge in [0.1, 0.15) is 4.75 Å². The second kappa shape index (κ2) is 5.01. The van der Waals surface area contributed by atoms with Crippen molar-refractivity contribution < 1.29 is 13.2 Å². The van der Waals surface area contributed by atoms with Gasteiger partial charge in [0.2, 0.25) is 21.3 Å². The number of sulfonamides is 1. The Morgan fingerprint density at radius 2 is 2.10 bits per heavy atom. The van der Waals surface area contributed by atoms with Crippen LogP contribution < -0.4 is 10.0 Å². The third-order valence-electron chi connectivity index (χ3n) is 3.88. The van der Waals surface area contributed by atoms with Crippen molar-refractivity contribution in [3.8, 4) is 0 Å². The molecule has 1 saturated carbocycles. The summed E-state index contributed by atoms with van der Waals surface area (Å²) < 4.78 is 27.7. The smallest absolute Gasteiger partial charge is 0.230 e. The Hall–Kier alpha value is -1.03. The van der Waals surface area contributed by atoms with Gasteiger partial charge in [-0.25, -0.2) is 18.5 Å². The van der Waals surface area contributed by atoms with Gasteiger partial charge >= 0.3 is 0 Å². The lowest BCUT2D eigenvalue weighted by molar-refractivity contribution is 0.0980. The van der Waals surface area contributed by atoms with Crippen molar-refractivity contribution >= 4 is 27.6 Å². The molecule has 1 aliphatic carbocycles. The van der Waals surface area contributed by atoms with Crippen molar-refractivity contribution in [3.63, 3.8) is 0 Å². The summed E-state index contributed by atoms with van der Waals surface area (Å²) in [6.07, 6.45) is 0.814. The van der Waals surface area contributed by atoms with Crippen LogP contribution >= 0.6 is 11.6 Å². The number of nitrogens with two attached hydrogens (primary N) is 1. The number of rotatable bonds is 3. The summed E-state index contributed by atoms with van der Waals surface area (Å²) in [5.74, 6) is 0.509. The molecular formula is C11H16ClN5O3S. The summed E-state index contributed by atoms with van der Waals surface area (Å²) in [4.78, 5) is 14.3. The molecule has 1 aliphatic heterocycles. The van der Waals surface area contributed by atoms with Gasteiger partial charge in [-0.2, -0.15) is 9.97 Å². The van der Waals surface area contributed by atoms with Crippen LogP contribution in [0.25, 0.3) is 0 Å². The Morgan fingerprint density at radius 3 is 2.67 bits per heavy atom. The predicted molar refractivity (Wildman–Crippen MR) is 76.5 cm³/mol. The lowest BCUT2D eigenvalue weighted by Crippen LogP contribution is -2.45. The molecule has 3 rings (SSSR count). The van der Waals surface area contributed by atoms with Crippen LogP contribution in [0.3, 0.4) is 0 Å². The number of hydrogen-bond acceptors (Lipinski definition) is 7. The van der Waals surface area contributed by atoms with Crippen LogP contribution in [0.2, 0.25) is 5.28 Å². The van der Waals surface area contributed by atoms with Gasteiger partial charge in [0.15, 0.2) is 5.82 Å². The van der Waals surface area contributed by atoms with Gasteiger partial charge in [0.05, 0.1) is 19.3 Å². The number of aromatic nitrogens is 3. The molecule has 116 valence electrons. The molecule has 1 saturated heterocycles. The molecule has 2 fully saturated rings. The molecule has 0 amide bonds. The average molecular weight is 334 g/mol. The Kier molecular flexibility index (Phi) is 3.55. The van der Waals surface area contributed by atoms with E-state index in [-0.39, 0.29) is 17.1 Å². The highest BCUT2D eigenvalue weighted by molar-refractivity contribution is 7.90. The van der Waals surface area contributed by atoms with Gasteiger partial charge < -0.3 is 9.64 Å². The highest BCUT2D eigenvalue weighted by Gasteiger charge is 2.57. The average Bonchev–Trinajstić information content (AvgIpc) is 3.19. The van der Waals surface area contributed by atoms with E-state index in [0.717, 1.165) is 0 Å². The first-order valence-corrected chi connectivity index (χ1v) is 8.55. The minimum Gasteiger partial charge on any atom is -0.377 e. The van der Waals surface area contributed by atoms with Crippen LogP contribution in [0.5, 0.6) is 0 Å². The maximum absolute atomic E-state index is 11.8. The van der Waals surface area contributed by atoms with Crippen molar-refractivity contribution in [2.24, 2.45) is 5.14 Å². The third kappa shape index (κ3) is 2.59. The molecule has 1 aromatic heterocycles. The summed E-state index contributed by atoms with van der Waals surface area (Å²) in [5.41, 5.74) is 0. The van der Waals surface area contributed by atoms with E-state index in [1.54, 1.807) is 0 Å². The summed E-state index contributed by atoms with van der Waals surface area (Å²) in [7, 11) is -3.78. The first kappa shape index (κ1) is 14.9. The van der Waals surface area contributed by atoms with E-state index in [0.29, 0.717) is 38.5 Å². The van der Waals surface area contributed by atoms with E-state index < -0.39 is 14.8 Å². The van der Waals surface area contributed by atoms with Crippen LogP contribution in [0.4, 0.5) is 5.95 Å². The molecule has 1 atom stereocenters. The molecule has 2 aliphatic rings. The monoisotopic (exact) mass is 333 g/mol. The van der Waals surface area contributed by atoms with E-state index >= 15 is 0 Å². The molecule has 0 bridgehead atoms. The van der Waals surface area contributed by atoms with E-state index in [1.165, 1.54) is 0 Å². The van der Waals surface area contributed by atoms with Crippen LogP contribution in [0.1, 0.15) is 25.6 Å². The number of morpholine rings is 1. The number of ether oxygens (including phenoxy) is 1. The molecular weight excluding hydrogens is 318 g/mol. The zero-order valence-electron chi connectivity index (χ0n) is 11.5. The molecule has 2 heterocycles. The second-order valence-electron chi connectivity index (χ2n) is 5.38. The Bertz CT molecular complexity index is 664. The summed E-state index contributed by atoms with van der Waals surface area (Å²) in [5, 5.41) is 5.28. The van der Waals surface area contributed by atoms with Crippen molar-refractivity contribution in [1.82, 2.24) is 15.0 Å². The maximum atomic E-state index is 11.8. The van der Waals surface area contributed by atoms with Gasteiger partial charge in [-0.05, 0) is 31.4 Å². The molecule has 8 nitrogen and oxygen atoms in total. The molecule has 0 radical (unpaired) electrons. The zero-order valence-corrected chi connectivity index (χ0v) is 13.1. The summed E-state index contributed by atoms with van der Waals surface area (Å²) in [6.45, 7) is 3.70. The van der Waals surface area contributed by atoms with Gasteiger partial charge in [-0.3, -0.25) is 0 Å². The molecule has 0 spiro atoms. The topological polar surface area (TPSA) is 111 Å². The summed E-state index contributed by atoms with van der Waals surface area (Å²) >= 11 is 5.95. The lowest BCUT2D eigenvalue weighted by atomic mass is 10.3. The predicted octanol–water partition coefficient (Wildman–Crippen LogP) is 0.0277. The number of primary sulfonamides is 1. The fourth-order valence-corrected chi connectivity index (χ4v) is 3.62. The highest BCUT2D eigenvalue weighted by Crippen LogP contribution is 2.50. The normalized spacial score (nSPS) is 24.9. The number of halogens is 1. The molecule has 10 heteroatoms. The van der Waals surface area contributed by atoms with Gasteiger partial charge in [-0.1, -0.05) is 0 Å². The third-order valence-corrected chi connectivity index (χ3v) is 5.73. The summed E-state index contributed by atoms with van der Waals surface area (Å²) in [6, 6.07) is 0.0784. The van der Waals surface area contributed by atoms with Gasteiger partial charge in [0, 0.05) is 6.54 Å². The molecule has 0 aromatic carbocycles. The van der Waals surface area contributed by atoms with E-state index in [2.05, 4.69) is 15.0 Å². The molecule has 0 unspecified atom stereocenters. The number of anilines is 1. The molecule has 1 aromatic rings. The van der Waals surface area contributed by atoms with Crippen LogP contribution in [-0.2, 0) is 19.5 Å². The van der Waals surface area contributed by atoms with Crippen molar-refractivity contribution in [1.29, 1.82) is 0 Å². The number of nitrogens with zero attached hydrogens (tertiary/aromatic N) is 4. The zero-order chi connectivity index (χ0) is 15.3. The fraction of sp³-hybridized carbons (Fsp3) is 0.727. The Balaban J connectivity index is 2.01. The number of hydrogen-bond donors (Lipinski definition) is 1. The van der Waals surface area contributed by atoms with Crippen LogP contribution in [0, 0.1) is 0 Å². The van der Waals surface area contributed by atoms with Crippen molar-refractivity contribution in [2.45, 2.75) is 30.6 Å². The largest absolute Gasteiger partial charge is 0.377 e. The van der Waals surface area contributed by atoms with E-state index in [9.17, 15) is 8.42 Å². The maximum Gasteiger partial charge on any atom is 0.230 e. The van der Waals surface area contributed by atoms with Crippen LogP contribution in [-0.4, -0.2) is 49.2 Å². The van der Waals surface area contributed by atoms with Crippen molar-refractivity contribution in [3.05, 3.63) is 11.1 Å². The highest BCUT2D eigenvalue weighted by atomic mass is 35.5. The molecule has 21 heavy (non-hydrogen) atoms. The first-order valence-electron chi connectivity index (χ1n) is 6.62. The van der Waals surface area contributed by atoms with Crippen molar-refractivity contribution in [2.75, 3.05) is 24.7 Å². The minimum absolute atomic E-state index is 0.0244. The SMILES string of the molecule is C[C@@H]1COCCN1c1nc(Cl)nc(C2(S(N)(=O)=O)CC2)n1. The van der Waals surface area contributed by atoms with Gasteiger partial charge in [0.25, 0.3) is 0 Å². The second-order valence-corrected chi connectivity index (χ2v) is 7.59. The van der Waals surface area contributed by atoms with E-state index in [4.69, 9.17) is 21.5 Å². The Labute approximate surface area is 127 Å². The van der Waals surface area contributed by atoms with Gasteiger partial charge in [-0.15, -0.1) is 0 Å². The quantitative estimate of drug-likeness (QED) is 0.830. The lowest BCUT2D eigenvalue weighted by Gasteiger charge is -2.33. The standard InChI is InChI=1S/C11H16ClN5O3S/c1-7-6-20-5-4-17(7)10-15-8(14-9(12)16-10)11(2-3-11)21(13,18)19/h7H,2-6H2,1H3,(H2,13,18,19)/t7-/m1/s1. The first-order chi connectivity index (χ1) is 9.83. The minimum atomic E-state index is -3.78. The van der Waals surface area contributed by atoms with E-state index in [1.807, 2.05) is 11.8 Å². The molecule has 2 N–H and O–H groups in total.